The van der Waals surface area contributed by atoms with Crippen LogP contribution < -0.4 is 0 Å². The average Bonchev–Trinajstić information content (AvgIpc) is 2.18. The number of hydrogen-bond donors (Lipinski definition) is 4. The Balaban J connectivity index is 2.54. The van der Waals surface area contributed by atoms with Gasteiger partial charge in [-0.05, 0) is 6.42 Å². The van der Waals surface area contributed by atoms with Crippen molar-refractivity contribution >= 4 is 5.97 Å². The molecule has 0 spiro atoms. The SMILES string of the molecule is CC(=O)OC[C@H]1C[C@@H](O)[C@H](O)[C@@H](O)[C@@H]1O. The Labute approximate surface area is 87.1 Å². The summed E-state index contributed by atoms with van der Waals surface area (Å²) in [7, 11) is 0. The van der Waals surface area contributed by atoms with Gasteiger partial charge in [0.15, 0.2) is 0 Å². The van der Waals surface area contributed by atoms with Crippen LogP contribution in [0.15, 0.2) is 0 Å². The van der Waals surface area contributed by atoms with Crippen LogP contribution >= 0.6 is 0 Å². The van der Waals surface area contributed by atoms with Crippen molar-refractivity contribution in [3.63, 3.8) is 0 Å². The first-order valence-electron chi connectivity index (χ1n) is 4.79. The van der Waals surface area contributed by atoms with Gasteiger partial charge < -0.3 is 25.2 Å². The van der Waals surface area contributed by atoms with Crippen molar-refractivity contribution in [3.8, 4) is 0 Å². The van der Waals surface area contributed by atoms with Crippen molar-refractivity contribution in [1.29, 1.82) is 0 Å². The number of aliphatic hydroxyl groups excluding tert-OH is 4. The Morgan fingerprint density at radius 1 is 1.20 bits per heavy atom. The normalized spacial score (nSPS) is 41.3. The van der Waals surface area contributed by atoms with E-state index in [1.807, 2.05) is 0 Å². The van der Waals surface area contributed by atoms with Gasteiger partial charge in [-0.15, -0.1) is 0 Å². The van der Waals surface area contributed by atoms with Crippen molar-refractivity contribution in [3.05, 3.63) is 0 Å². The first-order valence-corrected chi connectivity index (χ1v) is 4.79. The standard InChI is InChI=1S/C9H16O6/c1-4(10)15-3-5-2-6(11)8(13)9(14)7(5)12/h5-9,11-14H,2-3H2,1H3/t5-,6-,7-,8+,9+/m1/s1. The maximum absolute atomic E-state index is 10.5. The molecule has 1 saturated carbocycles. The zero-order chi connectivity index (χ0) is 11.6. The summed E-state index contributed by atoms with van der Waals surface area (Å²) in [6, 6.07) is 0. The molecule has 5 atom stereocenters. The quantitative estimate of drug-likeness (QED) is 0.401. The van der Waals surface area contributed by atoms with E-state index in [1.54, 1.807) is 0 Å². The molecule has 0 aromatic carbocycles. The third-order valence-corrected chi connectivity index (χ3v) is 2.62. The maximum Gasteiger partial charge on any atom is 0.302 e. The third-order valence-electron chi connectivity index (χ3n) is 2.62. The molecule has 88 valence electrons. The summed E-state index contributed by atoms with van der Waals surface area (Å²) in [6.07, 6.45) is -4.97. The lowest BCUT2D eigenvalue weighted by Gasteiger charge is -2.37. The molecular weight excluding hydrogens is 204 g/mol. The Hall–Kier alpha value is -0.690. The molecule has 0 saturated heterocycles. The highest BCUT2D eigenvalue weighted by molar-refractivity contribution is 5.65. The molecule has 0 bridgehead atoms. The van der Waals surface area contributed by atoms with E-state index in [1.165, 1.54) is 6.92 Å². The van der Waals surface area contributed by atoms with E-state index in [0.29, 0.717) is 0 Å². The van der Waals surface area contributed by atoms with Crippen molar-refractivity contribution in [2.75, 3.05) is 6.61 Å². The van der Waals surface area contributed by atoms with Crippen LogP contribution in [0.2, 0.25) is 0 Å². The van der Waals surface area contributed by atoms with Gasteiger partial charge in [-0.25, -0.2) is 0 Å². The van der Waals surface area contributed by atoms with E-state index in [4.69, 9.17) is 0 Å². The Bertz CT molecular complexity index is 231. The number of esters is 1. The first kappa shape index (κ1) is 12.4. The Morgan fingerprint density at radius 2 is 1.80 bits per heavy atom. The van der Waals surface area contributed by atoms with Crippen molar-refractivity contribution < 1.29 is 30.0 Å². The Morgan fingerprint density at radius 3 is 2.33 bits per heavy atom. The second kappa shape index (κ2) is 4.89. The van der Waals surface area contributed by atoms with Gasteiger partial charge >= 0.3 is 5.97 Å². The predicted octanol–water partition coefficient (Wildman–Crippen LogP) is -1.99. The van der Waals surface area contributed by atoms with Gasteiger partial charge in [0, 0.05) is 12.8 Å². The van der Waals surface area contributed by atoms with Gasteiger partial charge in [-0.3, -0.25) is 4.79 Å². The van der Waals surface area contributed by atoms with Crippen LogP contribution in [0.5, 0.6) is 0 Å². The van der Waals surface area contributed by atoms with Crippen molar-refractivity contribution in [2.45, 2.75) is 37.8 Å². The second-order valence-electron chi connectivity index (χ2n) is 3.84. The second-order valence-corrected chi connectivity index (χ2v) is 3.84. The lowest BCUT2D eigenvalue weighted by Crippen LogP contribution is -2.54. The van der Waals surface area contributed by atoms with E-state index < -0.39 is 36.3 Å². The number of rotatable bonds is 2. The fourth-order valence-electron chi connectivity index (χ4n) is 1.69. The van der Waals surface area contributed by atoms with Crippen LogP contribution in [0, 0.1) is 5.92 Å². The largest absolute Gasteiger partial charge is 0.465 e. The lowest BCUT2D eigenvalue weighted by atomic mass is 9.81. The van der Waals surface area contributed by atoms with Gasteiger partial charge in [0.25, 0.3) is 0 Å². The molecule has 0 radical (unpaired) electrons. The molecule has 6 heteroatoms. The zero-order valence-electron chi connectivity index (χ0n) is 8.41. The summed E-state index contributed by atoms with van der Waals surface area (Å²) in [4.78, 5) is 10.5. The number of carbonyl (C=O) groups is 1. The fourth-order valence-corrected chi connectivity index (χ4v) is 1.69. The average molecular weight is 220 g/mol. The monoisotopic (exact) mass is 220 g/mol. The highest BCUT2D eigenvalue weighted by Gasteiger charge is 2.42. The van der Waals surface area contributed by atoms with E-state index in [-0.39, 0.29) is 13.0 Å². The molecule has 1 aliphatic rings. The summed E-state index contributed by atoms with van der Waals surface area (Å²) in [5.74, 6) is -1.04. The van der Waals surface area contributed by atoms with Gasteiger partial charge in [0.05, 0.1) is 18.8 Å². The van der Waals surface area contributed by atoms with Gasteiger partial charge in [-0.2, -0.15) is 0 Å². The molecule has 0 aromatic rings. The van der Waals surface area contributed by atoms with Crippen LogP contribution in [-0.2, 0) is 9.53 Å². The van der Waals surface area contributed by atoms with Crippen LogP contribution in [-0.4, -0.2) is 57.4 Å². The van der Waals surface area contributed by atoms with Gasteiger partial charge in [0.2, 0.25) is 0 Å². The molecular formula is C9H16O6. The van der Waals surface area contributed by atoms with Crippen LogP contribution in [0.25, 0.3) is 0 Å². The minimum Gasteiger partial charge on any atom is -0.465 e. The summed E-state index contributed by atoms with van der Waals surface area (Å²) in [5.41, 5.74) is 0. The summed E-state index contributed by atoms with van der Waals surface area (Å²) >= 11 is 0. The molecule has 0 amide bonds. The number of carbonyl (C=O) groups excluding carboxylic acids is 1. The molecule has 6 nitrogen and oxygen atoms in total. The molecule has 15 heavy (non-hydrogen) atoms. The highest BCUT2D eigenvalue weighted by atomic mass is 16.5. The van der Waals surface area contributed by atoms with Crippen molar-refractivity contribution in [2.24, 2.45) is 5.92 Å². The van der Waals surface area contributed by atoms with Crippen LogP contribution in [0.3, 0.4) is 0 Å². The molecule has 1 fully saturated rings. The van der Waals surface area contributed by atoms with Crippen LogP contribution in [0.4, 0.5) is 0 Å². The van der Waals surface area contributed by atoms with Gasteiger partial charge in [0.1, 0.15) is 12.2 Å². The zero-order valence-corrected chi connectivity index (χ0v) is 8.41. The lowest BCUT2D eigenvalue weighted by molar-refractivity contribution is -0.171. The van der Waals surface area contributed by atoms with E-state index in [0.717, 1.165) is 0 Å². The smallest absolute Gasteiger partial charge is 0.302 e. The van der Waals surface area contributed by atoms with E-state index >= 15 is 0 Å². The summed E-state index contributed by atoms with van der Waals surface area (Å²) in [6.45, 7) is 1.16. The molecule has 1 rings (SSSR count). The summed E-state index contributed by atoms with van der Waals surface area (Å²) in [5, 5.41) is 37.5. The molecule has 0 unspecified atom stereocenters. The Kier molecular flexibility index (Phi) is 4.04. The van der Waals surface area contributed by atoms with E-state index in [2.05, 4.69) is 4.74 Å². The van der Waals surface area contributed by atoms with Gasteiger partial charge in [-0.1, -0.05) is 0 Å². The minimum atomic E-state index is -1.41. The predicted molar refractivity (Wildman–Crippen MR) is 48.8 cm³/mol. The van der Waals surface area contributed by atoms with Crippen molar-refractivity contribution in [1.82, 2.24) is 0 Å². The molecule has 4 N–H and O–H groups in total. The van der Waals surface area contributed by atoms with E-state index in [9.17, 15) is 25.2 Å². The number of ether oxygens (including phenoxy) is 1. The summed E-state index contributed by atoms with van der Waals surface area (Å²) < 4.78 is 4.68. The highest BCUT2D eigenvalue weighted by Crippen LogP contribution is 2.26. The fraction of sp³-hybridized carbons (Fsp3) is 0.889. The molecule has 0 aliphatic heterocycles. The minimum absolute atomic E-state index is 0.0721. The topological polar surface area (TPSA) is 107 Å². The molecule has 0 aromatic heterocycles. The molecule has 0 heterocycles. The number of aliphatic hydroxyl groups is 4. The third kappa shape index (κ3) is 2.88. The number of hydrogen-bond acceptors (Lipinski definition) is 6. The van der Waals surface area contributed by atoms with Crippen LogP contribution in [0.1, 0.15) is 13.3 Å². The maximum atomic E-state index is 10.5. The first-order chi connectivity index (χ1) is 6.93. The molecule has 1 aliphatic carbocycles.